The standard InChI is InChI=1S/C15H16N2O2S/c1-10(16)13-4-2-12(9-17-13)20-11-3-5-14-15(8-11)19-7-6-18-14/h2-5,8-10H,6-7,16H2,1H3/t10-/m1/s1. The van der Waals surface area contributed by atoms with Gasteiger partial charge in [0.1, 0.15) is 13.2 Å². The number of ether oxygens (including phenoxy) is 2. The number of nitrogens with zero attached hydrogens (tertiary/aromatic N) is 1. The van der Waals surface area contributed by atoms with Crippen molar-refractivity contribution in [1.29, 1.82) is 0 Å². The fraction of sp³-hybridized carbons (Fsp3) is 0.267. The van der Waals surface area contributed by atoms with Crippen LogP contribution in [0.3, 0.4) is 0 Å². The van der Waals surface area contributed by atoms with Gasteiger partial charge in [0.15, 0.2) is 11.5 Å². The highest BCUT2D eigenvalue weighted by Gasteiger charge is 2.12. The van der Waals surface area contributed by atoms with Gasteiger partial charge in [-0.15, -0.1) is 0 Å². The van der Waals surface area contributed by atoms with Crippen LogP contribution in [0, 0.1) is 0 Å². The Morgan fingerprint density at radius 3 is 2.55 bits per heavy atom. The lowest BCUT2D eigenvalue weighted by Crippen LogP contribution is -2.15. The third-order valence-electron chi connectivity index (χ3n) is 2.98. The van der Waals surface area contributed by atoms with Gasteiger partial charge in [0.25, 0.3) is 0 Å². The van der Waals surface area contributed by atoms with Gasteiger partial charge in [-0.05, 0) is 37.3 Å². The van der Waals surface area contributed by atoms with Gasteiger partial charge in [-0.2, -0.15) is 0 Å². The summed E-state index contributed by atoms with van der Waals surface area (Å²) in [5.41, 5.74) is 6.69. The molecule has 2 aromatic rings. The topological polar surface area (TPSA) is 57.4 Å². The molecular formula is C15H16N2O2S. The van der Waals surface area contributed by atoms with E-state index in [0.717, 1.165) is 27.0 Å². The minimum Gasteiger partial charge on any atom is -0.486 e. The highest BCUT2D eigenvalue weighted by atomic mass is 32.2. The smallest absolute Gasteiger partial charge is 0.162 e. The third-order valence-corrected chi connectivity index (χ3v) is 3.94. The molecule has 0 saturated carbocycles. The lowest BCUT2D eigenvalue weighted by Gasteiger charge is -2.18. The number of nitrogens with two attached hydrogens (primary N) is 1. The largest absolute Gasteiger partial charge is 0.486 e. The minimum atomic E-state index is -0.0386. The quantitative estimate of drug-likeness (QED) is 0.940. The van der Waals surface area contributed by atoms with E-state index in [1.54, 1.807) is 11.8 Å². The number of aromatic nitrogens is 1. The van der Waals surface area contributed by atoms with Gasteiger partial charge in [-0.25, -0.2) is 0 Å². The van der Waals surface area contributed by atoms with Gasteiger partial charge in [0.2, 0.25) is 0 Å². The van der Waals surface area contributed by atoms with Crippen molar-refractivity contribution in [3.8, 4) is 11.5 Å². The lowest BCUT2D eigenvalue weighted by molar-refractivity contribution is 0.171. The summed E-state index contributed by atoms with van der Waals surface area (Å²) in [7, 11) is 0. The van der Waals surface area contributed by atoms with E-state index in [2.05, 4.69) is 4.98 Å². The second-order valence-corrected chi connectivity index (χ2v) is 5.76. The van der Waals surface area contributed by atoms with Crippen LogP contribution in [0.25, 0.3) is 0 Å². The molecule has 0 amide bonds. The molecule has 2 heterocycles. The summed E-state index contributed by atoms with van der Waals surface area (Å²) in [6.45, 7) is 3.14. The molecule has 2 N–H and O–H groups in total. The number of benzene rings is 1. The fourth-order valence-corrected chi connectivity index (χ4v) is 2.76. The van der Waals surface area contributed by atoms with Crippen molar-refractivity contribution in [3.63, 3.8) is 0 Å². The molecule has 1 aromatic heterocycles. The maximum atomic E-state index is 5.79. The van der Waals surface area contributed by atoms with Crippen LogP contribution < -0.4 is 15.2 Å². The van der Waals surface area contributed by atoms with E-state index in [4.69, 9.17) is 15.2 Å². The first-order valence-corrected chi connectivity index (χ1v) is 7.33. The Balaban J connectivity index is 1.77. The van der Waals surface area contributed by atoms with Crippen LogP contribution in [0.1, 0.15) is 18.7 Å². The summed E-state index contributed by atoms with van der Waals surface area (Å²) < 4.78 is 11.1. The van der Waals surface area contributed by atoms with Gasteiger partial charge in [0.05, 0.1) is 5.69 Å². The van der Waals surface area contributed by atoms with E-state index in [1.165, 1.54) is 0 Å². The Bertz CT molecular complexity index is 599. The normalized spacial score (nSPS) is 14.9. The molecule has 0 radical (unpaired) electrons. The summed E-state index contributed by atoms with van der Waals surface area (Å²) >= 11 is 1.64. The van der Waals surface area contributed by atoms with Crippen LogP contribution in [0.2, 0.25) is 0 Å². The molecule has 4 nitrogen and oxygen atoms in total. The number of hydrogen-bond acceptors (Lipinski definition) is 5. The predicted molar refractivity (Wildman–Crippen MR) is 78.4 cm³/mol. The van der Waals surface area contributed by atoms with Crippen molar-refractivity contribution in [2.45, 2.75) is 22.8 Å². The molecule has 104 valence electrons. The molecule has 0 bridgehead atoms. The zero-order chi connectivity index (χ0) is 13.9. The Kier molecular flexibility index (Phi) is 3.80. The maximum absolute atomic E-state index is 5.79. The molecule has 0 saturated heterocycles. The van der Waals surface area contributed by atoms with E-state index in [-0.39, 0.29) is 6.04 Å². The van der Waals surface area contributed by atoms with E-state index >= 15 is 0 Å². The first kappa shape index (κ1) is 13.3. The zero-order valence-electron chi connectivity index (χ0n) is 11.2. The maximum Gasteiger partial charge on any atom is 0.162 e. The van der Waals surface area contributed by atoms with Crippen LogP contribution in [0.4, 0.5) is 0 Å². The van der Waals surface area contributed by atoms with Crippen molar-refractivity contribution < 1.29 is 9.47 Å². The number of hydrogen-bond donors (Lipinski definition) is 1. The molecular weight excluding hydrogens is 272 g/mol. The average molecular weight is 288 g/mol. The van der Waals surface area contributed by atoms with E-state index < -0.39 is 0 Å². The van der Waals surface area contributed by atoms with Crippen molar-refractivity contribution in [2.24, 2.45) is 5.73 Å². The summed E-state index contributed by atoms with van der Waals surface area (Å²) in [4.78, 5) is 6.54. The van der Waals surface area contributed by atoms with Crippen molar-refractivity contribution in [1.82, 2.24) is 4.98 Å². The second-order valence-electron chi connectivity index (χ2n) is 4.61. The predicted octanol–water partition coefficient (Wildman–Crippen LogP) is 3.02. The molecule has 20 heavy (non-hydrogen) atoms. The molecule has 1 aliphatic heterocycles. The van der Waals surface area contributed by atoms with Crippen LogP contribution in [-0.4, -0.2) is 18.2 Å². The van der Waals surface area contributed by atoms with Crippen molar-refractivity contribution in [2.75, 3.05) is 13.2 Å². The van der Waals surface area contributed by atoms with E-state index in [1.807, 2.05) is 43.5 Å². The Labute approximate surface area is 122 Å². The fourth-order valence-electron chi connectivity index (χ4n) is 1.94. The molecule has 1 aromatic carbocycles. The zero-order valence-corrected chi connectivity index (χ0v) is 12.0. The second kappa shape index (κ2) is 5.73. The van der Waals surface area contributed by atoms with Crippen LogP contribution >= 0.6 is 11.8 Å². The SMILES string of the molecule is C[C@@H](N)c1ccc(Sc2ccc3c(c2)OCCO3)cn1. The van der Waals surface area contributed by atoms with E-state index in [0.29, 0.717) is 13.2 Å². The first-order valence-electron chi connectivity index (χ1n) is 6.51. The molecule has 1 atom stereocenters. The molecule has 0 fully saturated rings. The molecule has 5 heteroatoms. The van der Waals surface area contributed by atoms with Gasteiger partial charge in [0, 0.05) is 22.0 Å². The number of pyridine rings is 1. The van der Waals surface area contributed by atoms with Gasteiger partial charge >= 0.3 is 0 Å². The van der Waals surface area contributed by atoms with Gasteiger partial charge in [-0.1, -0.05) is 11.8 Å². The number of fused-ring (bicyclic) bond motifs is 1. The Morgan fingerprint density at radius 1 is 1.10 bits per heavy atom. The highest BCUT2D eigenvalue weighted by molar-refractivity contribution is 7.99. The molecule has 0 spiro atoms. The summed E-state index contributed by atoms with van der Waals surface area (Å²) in [6.07, 6.45) is 1.85. The highest BCUT2D eigenvalue weighted by Crippen LogP contribution is 2.36. The monoisotopic (exact) mass is 288 g/mol. The summed E-state index contributed by atoms with van der Waals surface area (Å²) in [5.74, 6) is 1.62. The van der Waals surface area contributed by atoms with Crippen LogP contribution in [-0.2, 0) is 0 Å². The molecule has 1 aliphatic rings. The molecule has 0 aliphatic carbocycles. The number of rotatable bonds is 3. The van der Waals surface area contributed by atoms with Crippen molar-refractivity contribution in [3.05, 3.63) is 42.2 Å². The van der Waals surface area contributed by atoms with Crippen LogP contribution in [0.15, 0.2) is 46.3 Å². The Hall–Kier alpha value is -1.72. The molecule has 0 unspecified atom stereocenters. The minimum absolute atomic E-state index is 0.0386. The van der Waals surface area contributed by atoms with Crippen LogP contribution in [0.5, 0.6) is 11.5 Å². The Morgan fingerprint density at radius 2 is 1.85 bits per heavy atom. The summed E-state index contributed by atoms with van der Waals surface area (Å²) in [5, 5.41) is 0. The summed E-state index contributed by atoms with van der Waals surface area (Å²) in [6, 6.07) is 9.93. The van der Waals surface area contributed by atoms with Gasteiger partial charge in [-0.3, -0.25) is 4.98 Å². The van der Waals surface area contributed by atoms with E-state index in [9.17, 15) is 0 Å². The average Bonchev–Trinajstić information content (AvgIpc) is 2.48. The van der Waals surface area contributed by atoms with Gasteiger partial charge < -0.3 is 15.2 Å². The lowest BCUT2D eigenvalue weighted by atomic mass is 10.2. The third kappa shape index (κ3) is 2.89. The molecule has 3 rings (SSSR count). The first-order chi connectivity index (χ1) is 9.72. The van der Waals surface area contributed by atoms with Crippen molar-refractivity contribution >= 4 is 11.8 Å².